The van der Waals surface area contributed by atoms with Crippen LogP contribution in [0.5, 0.6) is 5.75 Å². The number of urea groups is 1. The first-order valence-corrected chi connectivity index (χ1v) is 11.4. The number of nitro benzene ring substituents is 1. The lowest BCUT2D eigenvalue weighted by Gasteiger charge is -2.14. The first kappa shape index (κ1) is 22.7. The molecule has 0 aliphatic carbocycles. The number of rotatable bonds is 7. The smallest absolute Gasteiger partial charge is 0.339 e. The Morgan fingerprint density at radius 3 is 2.38 bits per heavy atom. The number of nitro groups is 1. The minimum Gasteiger partial charge on any atom is -0.379 e. The van der Waals surface area contributed by atoms with Gasteiger partial charge >= 0.3 is 16.1 Å². The lowest BCUT2D eigenvalue weighted by Crippen LogP contribution is -2.27. The molecule has 0 aromatic heterocycles. The fourth-order valence-corrected chi connectivity index (χ4v) is 4.21. The van der Waals surface area contributed by atoms with Crippen LogP contribution in [0.2, 0.25) is 0 Å². The highest BCUT2D eigenvalue weighted by atomic mass is 32.2. The third-order valence-corrected chi connectivity index (χ3v) is 6.18. The summed E-state index contributed by atoms with van der Waals surface area (Å²) in [6, 6.07) is 16.5. The predicted octanol–water partition coefficient (Wildman–Crippen LogP) is 3.14. The van der Waals surface area contributed by atoms with E-state index in [4.69, 9.17) is 4.18 Å². The molecule has 0 bridgehead atoms. The topological polar surface area (TPSA) is 148 Å². The van der Waals surface area contributed by atoms with Crippen LogP contribution in [0.4, 0.5) is 21.9 Å². The number of nitrogens with zero attached hydrogens (tertiary/aromatic N) is 2. The third kappa shape index (κ3) is 4.96. The summed E-state index contributed by atoms with van der Waals surface area (Å²) < 4.78 is 29.9. The van der Waals surface area contributed by atoms with Gasteiger partial charge in [-0.25, -0.2) is 4.79 Å². The van der Waals surface area contributed by atoms with Crippen molar-refractivity contribution in [3.8, 4) is 5.75 Å². The van der Waals surface area contributed by atoms with Crippen LogP contribution in [-0.4, -0.2) is 38.4 Å². The summed E-state index contributed by atoms with van der Waals surface area (Å²) in [4.78, 5) is 35.6. The summed E-state index contributed by atoms with van der Waals surface area (Å²) in [5.41, 5.74) is 1.10. The van der Waals surface area contributed by atoms with Gasteiger partial charge in [0.25, 0.3) is 11.6 Å². The maximum Gasteiger partial charge on any atom is 0.339 e. The second-order valence-corrected chi connectivity index (χ2v) is 8.75. The fraction of sp³-hybridized carbons (Fsp3) is 0.0909. The highest BCUT2D eigenvalue weighted by molar-refractivity contribution is 7.87. The van der Waals surface area contributed by atoms with Gasteiger partial charge in [0.2, 0.25) is 0 Å². The lowest BCUT2D eigenvalue weighted by molar-refractivity contribution is -0.385. The van der Waals surface area contributed by atoms with Crippen LogP contribution in [0.1, 0.15) is 10.4 Å². The van der Waals surface area contributed by atoms with Gasteiger partial charge in [-0.2, -0.15) is 8.42 Å². The van der Waals surface area contributed by atoms with Crippen molar-refractivity contribution in [2.24, 2.45) is 0 Å². The molecule has 1 aliphatic rings. The maximum atomic E-state index is 12.5. The molecule has 0 unspecified atom stereocenters. The van der Waals surface area contributed by atoms with Crippen molar-refractivity contribution in [1.82, 2.24) is 5.32 Å². The minimum atomic E-state index is -4.30. The van der Waals surface area contributed by atoms with Crippen molar-refractivity contribution in [3.63, 3.8) is 0 Å². The van der Waals surface area contributed by atoms with Crippen LogP contribution < -0.4 is 19.7 Å². The molecule has 1 fully saturated rings. The van der Waals surface area contributed by atoms with Gasteiger partial charge in [0.15, 0.2) is 0 Å². The molecule has 0 atom stereocenters. The molecule has 1 aliphatic heterocycles. The molecule has 3 aromatic rings. The molecule has 2 N–H and O–H groups in total. The second-order valence-electron chi connectivity index (χ2n) is 7.20. The zero-order chi connectivity index (χ0) is 24.3. The van der Waals surface area contributed by atoms with E-state index in [2.05, 4.69) is 10.6 Å². The summed E-state index contributed by atoms with van der Waals surface area (Å²) in [7, 11) is -4.30. The van der Waals surface area contributed by atoms with E-state index >= 15 is 0 Å². The summed E-state index contributed by atoms with van der Waals surface area (Å²) in [5, 5.41) is 16.3. The summed E-state index contributed by atoms with van der Waals surface area (Å²) in [6.07, 6.45) is 0. The first-order chi connectivity index (χ1) is 16.2. The molecular formula is C22H18N4O7S. The van der Waals surface area contributed by atoms with Gasteiger partial charge in [0.1, 0.15) is 10.6 Å². The average Bonchev–Trinajstić information content (AvgIpc) is 3.25. The molecule has 0 radical (unpaired) electrons. The number of carbonyl (C=O) groups excluding carboxylic acids is 2. The van der Waals surface area contributed by atoms with E-state index in [0.717, 1.165) is 6.07 Å². The summed E-state index contributed by atoms with van der Waals surface area (Å²) in [6.45, 7) is 1.14. The van der Waals surface area contributed by atoms with E-state index in [1.807, 2.05) is 0 Å². The zero-order valence-electron chi connectivity index (χ0n) is 17.5. The summed E-state index contributed by atoms with van der Waals surface area (Å²) in [5.74, 6) is -0.490. The Morgan fingerprint density at radius 2 is 1.76 bits per heavy atom. The van der Waals surface area contributed by atoms with Gasteiger partial charge in [-0.15, -0.1) is 0 Å². The predicted molar refractivity (Wildman–Crippen MR) is 122 cm³/mol. The van der Waals surface area contributed by atoms with E-state index < -0.39 is 20.9 Å². The van der Waals surface area contributed by atoms with E-state index in [-0.39, 0.29) is 27.9 Å². The van der Waals surface area contributed by atoms with Crippen molar-refractivity contribution in [3.05, 3.63) is 88.5 Å². The van der Waals surface area contributed by atoms with E-state index in [1.54, 1.807) is 29.2 Å². The number of amides is 3. The minimum absolute atomic E-state index is 0.0590. The number of hydrogen-bond donors (Lipinski definition) is 2. The Kier molecular flexibility index (Phi) is 6.15. The highest BCUT2D eigenvalue weighted by Crippen LogP contribution is 2.23. The Hall–Kier alpha value is -4.45. The Labute approximate surface area is 194 Å². The van der Waals surface area contributed by atoms with E-state index in [0.29, 0.717) is 24.5 Å². The van der Waals surface area contributed by atoms with Crippen LogP contribution in [0.25, 0.3) is 0 Å². The molecule has 3 aromatic carbocycles. The first-order valence-electron chi connectivity index (χ1n) is 9.99. The molecule has 34 heavy (non-hydrogen) atoms. The van der Waals surface area contributed by atoms with Gasteiger partial charge in [-0.3, -0.25) is 19.8 Å². The largest absolute Gasteiger partial charge is 0.379 e. The Balaban J connectivity index is 1.41. The van der Waals surface area contributed by atoms with Crippen molar-refractivity contribution in [1.29, 1.82) is 0 Å². The molecule has 12 heteroatoms. The molecule has 0 spiro atoms. The van der Waals surface area contributed by atoms with Crippen molar-refractivity contribution in [2.75, 3.05) is 23.3 Å². The molecule has 11 nitrogen and oxygen atoms in total. The molecule has 174 valence electrons. The highest BCUT2D eigenvalue weighted by Gasteiger charge is 2.21. The number of benzene rings is 3. The average molecular weight is 482 g/mol. The van der Waals surface area contributed by atoms with Gasteiger partial charge in [-0.1, -0.05) is 6.07 Å². The van der Waals surface area contributed by atoms with Crippen LogP contribution in [0.15, 0.2) is 77.7 Å². The molecule has 3 amide bonds. The fourth-order valence-electron chi connectivity index (χ4n) is 3.24. The Morgan fingerprint density at radius 1 is 1.06 bits per heavy atom. The van der Waals surface area contributed by atoms with Gasteiger partial charge in [0.05, 0.1) is 4.92 Å². The lowest BCUT2D eigenvalue weighted by atomic mass is 10.2. The quantitative estimate of drug-likeness (QED) is 0.299. The third-order valence-electron chi connectivity index (χ3n) is 4.93. The second kappa shape index (κ2) is 9.19. The normalized spacial score (nSPS) is 13.3. The van der Waals surface area contributed by atoms with Crippen molar-refractivity contribution in [2.45, 2.75) is 4.90 Å². The molecule has 1 saturated heterocycles. The van der Waals surface area contributed by atoms with Crippen LogP contribution >= 0.6 is 0 Å². The molecule has 0 saturated carbocycles. The van der Waals surface area contributed by atoms with Crippen LogP contribution in [0, 0.1) is 10.1 Å². The van der Waals surface area contributed by atoms with Crippen LogP contribution in [-0.2, 0) is 10.1 Å². The monoisotopic (exact) mass is 482 g/mol. The van der Waals surface area contributed by atoms with Gasteiger partial charge in [-0.05, 0) is 54.6 Å². The van der Waals surface area contributed by atoms with Crippen LogP contribution in [0.3, 0.4) is 0 Å². The molecule has 1 heterocycles. The number of nitrogens with one attached hydrogen (secondary N) is 2. The number of carbonyl (C=O) groups is 2. The van der Waals surface area contributed by atoms with Gasteiger partial charge in [0, 0.05) is 42.2 Å². The zero-order valence-corrected chi connectivity index (χ0v) is 18.3. The Bertz CT molecular complexity index is 1360. The van der Waals surface area contributed by atoms with E-state index in [1.165, 1.54) is 42.5 Å². The van der Waals surface area contributed by atoms with Crippen molar-refractivity contribution < 1.29 is 27.1 Å². The van der Waals surface area contributed by atoms with Crippen molar-refractivity contribution >= 4 is 39.1 Å². The standard InChI is InChI=1S/C22H18N4O7S/c27-21(24-16-6-8-17(9-7-16)25-13-12-23-22(25)28)15-4-10-19(11-5-15)33-34(31,32)20-3-1-2-18(14-20)26(29)30/h1-11,14H,12-13H2,(H,23,28)(H,24,27). The SMILES string of the molecule is O=C(Nc1ccc(N2CCNC2=O)cc1)c1ccc(OS(=O)(=O)c2cccc([N+](=O)[O-])c2)cc1. The molecular weight excluding hydrogens is 464 g/mol. The number of hydrogen-bond acceptors (Lipinski definition) is 7. The van der Waals surface area contributed by atoms with E-state index in [9.17, 15) is 28.1 Å². The number of non-ortho nitro benzene ring substituents is 1. The molecule has 4 rings (SSSR count). The number of anilines is 2. The summed E-state index contributed by atoms with van der Waals surface area (Å²) >= 11 is 0. The maximum absolute atomic E-state index is 12.5. The van der Waals surface area contributed by atoms with Gasteiger partial charge < -0.3 is 14.8 Å².